The molecule has 3 heterocycles. The quantitative estimate of drug-likeness (QED) is 0.408. The molecule has 0 spiro atoms. The van der Waals surface area contributed by atoms with Crippen molar-refractivity contribution in [1.82, 2.24) is 25.1 Å². The minimum Gasteiger partial charge on any atom is -0.355 e. The van der Waals surface area contributed by atoms with Crippen molar-refractivity contribution in [3.8, 4) is 11.4 Å². The van der Waals surface area contributed by atoms with Crippen LogP contribution < -0.4 is 10.2 Å². The summed E-state index contributed by atoms with van der Waals surface area (Å²) in [4.78, 5) is 15.2. The van der Waals surface area contributed by atoms with Gasteiger partial charge in [-0.3, -0.25) is 4.79 Å². The van der Waals surface area contributed by atoms with Crippen molar-refractivity contribution in [2.75, 3.05) is 18.0 Å². The lowest BCUT2D eigenvalue weighted by Crippen LogP contribution is -2.41. The number of nitrogens with zero attached hydrogens (tertiary/aromatic N) is 5. The van der Waals surface area contributed by atoms with E-state index in [4.69, 9.17) is 16.7 Å². The Bertz CT molecular complexity index is 1310. The maximum absolute atomic E-state index is 12.9. The zero-order chi connectivity index (χ0) is 24.4. The normalized spacial score (nSPS) is 15.3. The Morgan fingerprint density at radius 1 is 1.03 bits per heavy atom. The third-order valence-electron chi connectivity index (χ3n) is 6.79. The number of aromatic nitrogens is 4. The van der Waals surface area contributed by atoms with Gasteiger partial charge in [-0.2, -0.15) is 4.52 Å². The van der Waals surface area contributed by atoms with Crippen LogP contribution in [0.15, 0.2) is 60.7 Å². The van der Waals surface area contributed by atoms with Gasteiger partial charge in [-0.05, 0) is 73.7 Å². The molecule has 4 aromatic rings. The molecule has 2 aromatic heterocycles. The van der Waals surface area contributed by atoms with E-state index in [1.807, 2.05) is 43.3 Å². The molecule has 1 amide bonds. The number of benzene rings is 2. The molecule has 8 heteroatoms. The number of carbonyl (C=O) groups excluding carboxylic acids is 1. The van der Waals surface area contributed by atoms with Crippen LogP contribution in [-0.2, 0) is 11.2 Å². The lowest BCUT2D eigenvalue weighted by Gasteiger charge is -2.32. The predicted octanol–water partition coefficient (Wildman–Crippen LogP) is 5.10. The number of amides is 1. The van der Waals surface area contributed by atoms with Crippen molar-refractivity contribution in [3.63, 3.8) is 0 Å². The monoisotopic (exact) mass is 488 g/mol. The number of rotatable bonds is 6. The van der Waals surface area contributed by atoms with Gasteiger partial charge in [0.2, 0.25) is 5.91 Å². The number of hydrogen-bond acceptors (Lipinski definition) is 5. The summed E-state index contributed by atoms with van der Waals surface area (Å²) in [5.41, 5.74) is 4.03. The summed E-state index contributed by atoms with van der Waals surface area (Å²) in [7, 11) is 0. The van der Waals surface area contributed by atoms with Crippen LogP contribution in [0, 0.1) is 5.92 Å². The van der Waals surface area contributed by atoms with E-state index in [0.717, 1.165) is 49.3 Å². The van der Waals surface area contributed by atoms with Gasteiger partial charge in [0.15, 0.2) is 11.5 Å². The number of anilines is 1. The largest absolute Gasteiger partial charge is 0.355 e. The van der Waals surface area contributed by atoms with Crippen LogP contribution in [0.1, 0.15) is 43.9 Å². The molecule has 1 atom stereocenters. The summed E-state index contributed by atoms with van der Waals surface area (Å²) in [5.74, 6) is 1.67. The summed E-state index contributed by atoms with van der Waals surface area (Å²) in [6, 6.07) is 19.9. The summed E-state index contributed by atoms with van der Waals surface area (Å²) < 4.78 is 1.77. The van der Waals surface area contributed by atoms with E-state index in [1.165, 1.54) is 5.56 Å². The van der Waals surface area contributed by atoms with Crippen molar-refractivity contribution in [1.29, 1.82) is 0 Å². The van der Waals surface area contributed by atoms with Crippen molar-refractivity contribution in [3.05, 3.63) is 76.8 Å². The number of nitrogens with one attached hydrogen (secondary N) is 1. The average molecular weight is 489 g/mol. The highest BCUT2D eigenvalue weighted by Crippen LogP contribution is 2.25. The van der Waals surface area contributed by atoms with Gasteiger partial charge in [-0.1, -0.05) is 42.8 Å². The number of aryl methyl sites for hydroxylation is 1. The van der Waals surface area contributed by atoms with Crippen LogP contribution in [-0.4, -0.2) is 38.8 Å². The number of piperidine rings is 1. The van der Waals surface area contributed by atoms with E-state index in [1.54, 1.807) is 4.52 Å². The van der Waals surface area contributed by atoms with Crippen LogP contribution in [0.4, 0.5) is 5.82 Å². The van der Waals surface area contributed by atoms with E-state index < -0.39 is 0 Å². The van der Waals surface area contributed by atoms with E-state index in [-0.39, 0.29) is 17.9 Å². The molecule has 2 aromatic carbocycles. The SMILES string of the molecule is CCc1ccc([C@@H](C)NC(=O)C2CCN(c3ccc4nnc(-c5ccc(Cl)cc5)n4n3)CC2)cc1. The molecular formula is C27H29ClN6O. The first-order valence-corrected chi connectivity index (χ1v) is 12.5. The standard InChI is InChI=1S/C27H29ClN6O/c1-3-19-4-6-20(7-5-19)18(2)29-27(35)22-14-16-33(17-15-22)25-13-12-24-30-31-26(34(24)32-25)21-8-10-23(28)11-9-21/h4-13,18,22H,3,14-17H2,1-2H3,(H,29,35)/t18-/m1/s1. The van der Waals surface area contributed by atoms with Crippen molar-refractivity contribution >= 4 is 29.0 Å². The number of carbonyl (C=O) groups is 1. The molecule has 1 saturated heterocycles. The summed E-state index contributed by atoms with van der Waals surface area (Å²) in [6.45, 7) is 5.73. The van der Waals surface area contributed by atoms with Gasteiger partial charge >= 0.3 is 0 Å². The van der Waals surface area contributed by atoms with E-state index >= 15 is 0 Å². The van der Waals surface area contributed by atoms with Gasteiger partial charge < -0.3 is 10.2 Å². The minimum atomic E-state index is -0.00413. The molecule has 1 aliphatic rings. The maximum atomic E-state index is 12.9. The summed E-state index contributed by atoms with van der Waals surface area (Å²) in [5, 5.41) is 17.3. The smallest absolute Gasteiger partial charge is 0.223 e. The third-order valence-corrected chi connectivity index (χ3v) is 7.04. The van der Waals surface area contributed by atoms with Gasteiger partial charge in [0.1, 0.15) is 5.82 Å². The second kappa shape index (κ2) is 10.0. The highest BCUT2D eigenvalue weighted by Gasteiger charge is 2.27. The number of halogens is 1. The number of fused-ring (bicyclic) bond motifs is 1. The Morgan fingerprint density at radius 3 is 2.43 bits per heavy atom. The van der Waals surface area contributed by atoms with E-state index in [9.17, 15) is 4.79 Å². The van der Waals surface area contributed by atoms with Gasteiger partial charge in [-0.25, -0.2) is 0 Å². The zero-order valence-electron chi connectivity index (χ0n) is 20.0. The second-order valence-electron chi connectivity index (χ2n) is 9.08. The predicted molar refractivity (Wildman–Crippen MR) is 139 cm³/mol. The Balaban J connectivity index is 1.23. The first-order valence-electron chi connectivity index (χ1n) is 12.1. The zero-order valence-corrected chi connectivity index (χ0v) is 20.7. The topological polar surface area (TPSA) is 75.4 Å². The Labute approximate surface area is 210 Å². The highest BCUT2D eigenvalue weighted by molar-refractivity contribution is 6.30. The van der Waals surface area contributed by atoms with Gasteiger partial charge in [-0.15, -0.1) is 15.3 Å². The highest BCUT2D eigenvalue weighted by atomic mass is 35.5. The van der Waals surface area contributed by atoms with Gasteiger partial charge in [0.05, 0.1) is 6.04 Å². The molecule has 0 unspecified atom stereocenters. The molecule has 0 saturated carbocycles. The van der Waals surface area contributed by atoms with E-state index in [2.05, 4.69) is 51.6 Å². The molecular weight excluding hydrogens is 460 g/mol. The van der Waals surface area contributed by atoms with Crippen LogP contribution in [0.5, 0.6) is 0 Å². The van der Waals surface area contributed by atoms with Crippen LogP contribution in [0.3, 0.4) is 0 Å². The van der Waals surface area contributed by atoms with Gasteiger partial charge in [0.25, 0.3) is 0 Å². The molecule has 1 fully saturated rings. The molecule has 0 aliphatic carbocycles. The lowest BCUT2D eigenvalue weighted by molar-refractivity contribution is -0.126. The third kappa shape index (κ3) is 5.00. The first kappa shape index (κ1) is 23.3. The molecule has 180 valence electrons. The fourth-order valence-electron chi connectivity index (χ4n) is 4.55. The average Bonchev–Trinajstić information content (AvgIpc) is 3.32. The summed E-state index contributed by atoms with van der Waals surface area (Å²) in [6.07, 6.45) is 2.60. The second-order valence-corrected chi connectivity index (χ2v) is 9.52. The van der Waals surface area contributed by atoms with Crippen LogP contribution in [0.2, 0.25) is 5.02 Å². The molecule has 1 N–H and O–H groups in total. The fraction of sp³-hybridized carbons (Fsp3) is 0.333. The maximum Gasteiger partial charge on any atom is 0.223 e. The van der Waals surface area contributed by atoms with E-state index in [0.29, 0.717) is 16.5 Å². The van der Waals surface area contributed by atoms with Gasteiger partial charge in [0, 0.05) is 29.6 Å². The minimum absolute atomic E-state index is 0.00413. The summed E-state index contributed by atoms with van der Waals surface area (Å²) >= 11 is 6.03. The van der Waals surface area contributed by atoms with Crippen molar-refractivity contribution < 1.29 is 4.79 Å². The van der Waals surface area contributed by atoms with Crippen LogP contribution >= 0.6 is 11.6 Å². The lowest BCUT2D eigenvalue weighted by atomic mass is 9.95. The van der Waals surface area contributed by atoms with Crippen LogP contribution in [0.25, 0.3) is 17.0 Å². The Kier molecular flexibility index (Phi) is 6.68. The molecule has 35 heavy (non-hydrogen) atoms. The molecule has 7 nitrogen and oxygen atoms in total. The molecule has 5 rings (SSSR count). The van der Waals surface area contributed by atoms with Crippen molar-refractivity contribution in [2.45, 2.75) is 39.2 Å². The van der Waals surface area contributed by atoms with Crippen molar-refractivity contribution in [2.24, 2.45) is 5.92 Å². The number of hydrogen-bond donors (Lipinski definition) is 1. The molecule has 1 aliphatic heterocycles. The Hall–Kier alpha value is -3.45. The molecule has 0 radical (unpaired) electrons. The Morgan fingerprint density at radius 2 is 1.74 bits per heavy atom. The molecule has 0 bridgehead atoms. The first-order chi connectivity index (χ1) is 17.0. The fourth-order valence-corrected chi connectivity index (χ4v) is 4.68.